The highest BCUT2D eigenvalue weighted by atomic mass is 35.5. The van der Waals surface area contributed by atoms with Gasteiger partial charge in [0, 0.05) is 16.1 Å². The smallest absolute Gasteiger partial charge is 0.330 e. The average Bonchev–Trinajstić information content (AvgIpc) is 2.66. The molecule has 0 heterocycles. The fourth-order valence-electron chi connectivity index (χ4n) is 2.60. The van der Waals surface area contributed by atoms with Crippen LogP contribution in [0.4, 0.5) is 0 Å². The highest BCUT2D eigenvalue weighted by Crippen LogP contribution is 2.27. The molecule has 1 N–H and O–H groups in total. The van der Waals surface area contributed by atoms with Crippen LogP contribution in [0.15, 0.2) is 67.3 Å². The molecule has 0 bridgehead atoms. The number of rotatable bonds is 8. The van der Waals surface area contributed by atoms with Gasteiger partial charge >= 0.3 is 5.97 Å². The number of amides is 1. The van der Waals surface area contributed by atoms with Gasteiger partial charge in [0.15, 0.2) is 0 Å². The molecular formula is C22H21Cl2NO3. The number of nitrogens with one attached hydrogen (secondary N) is 1. The Hall–Kier alpha value is -2.56. The van der Waals surface area contributed by atoms with Crippen LogP contribution in [0.1, 0.15) is 12.5 Å². The summed E-state index contributed by atoms with van der Waals surface area (Å²) in [6.45, 7) is 5.48. The van der Waals surface area contributed by atoms with Gasteiger partial charge in [-0.15, -0.1) is 0 Å². The minimum absolute atomic E-state index is 0.293. The summed E-state index contributed by atoms with van der Waals surface area (Å²) >= 11 is 12.1. The summed E-state index contributed by atoms with van der Waals surface area (Å²) in [5, 5.41) is 3.93. The Morgan fingerprint density at radius 2 is 1.75 bits per heavy atom. The molecule has 4 nitrogen and oxygen atoms in total. The van der Waals surface area contributed by atoms with Crippen molar-refractivity contribution in [1.29, 1.82) is 0 Å². The van der Waals surface area contributed by atoms with Crippen molar-refractivity contribution in [3.63, 3.8) is 0 Å². The maximum atomic E-state index is 11.7. The molecule has 0 spiro atoms. The predicted molar refractivity (Wildman–Crippen MR) is 114 cm³/mol. The molecular weight excluding hydrogens is 397 g/mol. The highest BCUT2D eigenvalue weighted by molar-refractivity contribution is 6.35. The number of hydrogen-bond acceptors (Lipinski definition) is 3. The largest absolute Gasteiger partial charge is 0.463 e. The molecule has 0 aliphatic heterocycles. The first-order chi connectivity index (χ1) is 13.4. The van der Waals surface area contributed by atoms with Gasteiger partial charge in [-0.3, -0.25) is 4.79 Å². The first-order valence-electron chi connectivity index (χ1n) is 8.74. The third-order valence-electron chi connectivity index (χ3n) is 3.87. The molecule has 2 aromatic rings. The van der Waals surface area contributed by atoms with E-state index in [4.69, 9.17) is 27.9 Å². The number of esters is 1. The summed E-state index contributed by atoms with van der Waals surface area (Å²) in [6, 6.07) is 12.8. The topological polar surface area (TPSA) is 55.4 Å². The van der Waals surface area contributed by atoms with Crippen LogP contribution in [0.3, 0.4) is 0 Å². The number of halogens is 2. The minimum Gasteiger partial charge on any atom is -0.463 e. The lowest BCUT2D eigenvalue weighted by molar-refractivity contribution is -0.137. The monoisotopic (exact) mass is 417 g/mol. The van der Waals surface area contributed by atoms with Crippen molar-refractivity contribution in [3.8, 4) is 11.1 Å². The molecule has 0 radical (unpaired) electrons. The SMILES string of the molecule is C=CC(=O)N[C@@H](/C=C/C(=O)OCC)Cc1ccc(-c2cc(Cl)cc(Cl)c2)cc1. The van der Waals surface area contributed by atoms with Gasteiger partial charge in [-0.2, -0.15) is 0 Å². The van der Waals surface area contributed by atoms with E-state index in [1.807, 2.05) is 36.4 Å². The molecule has 2 rings (SSSR count). The van der Waals surface area contributed by atoms with E-state index in [1.54, 1.807) is 19.1 Å². The van der Waals surface area contributed by atoms with E-state index in [0.717, 1.165) is 16.7 Å². The normalized spacial score (nSPS) is 11.8. The zero-order valence-corrected chi connectivity index (χ0v) is 17.0. The first kappa shape index (κ1) is 21.7. The molecule has 0 fully saturated rings. The van der Waals surface area contributed by atoms with Crippen LogP contribution in [0.25, 0.3) is 11.1 Å². The zero-order chi connectivity index (χ0) is 20.5. The van der Waals surface area contributed by atoms with Crippen LogP contribution >= 0.6 is 23.2 Å². The molecule has 0 aliphatic rings. The fourth-order valence-corrected chi connectivity index (χ4v) is 3.13. The number of benzene rings is 2. The summed E-state index contributed by atoms with van der Waals surface area (Å²) in [6.07, 6.45) is 4.63. The predicted octanol–water partition coefficient (Wildman–Crippen LogP) is 4.99. The van der Waals surface area contributed by atoms with E-state index in [-0.39, 0.29) is 11.9 Å². The van der Waals surface area contributed by atoms with Crippen LogP contribution in [0.5, 0.6) is 0 Å². The van der Waals surface area contributed by atoms with E-state index in [1.165, 1.54) is 12.2 Å². The van der Waals surface area contributed by atoms with Gasteiger partial charge in [-0.25, -0.2) is 4.79 Å². The summed E-state index contributed by atoms with van der Waals surface area (Å²) in [5.41, 5.74) is 2.88. The van der Waals surface area contributed by atoms with Gasteiger partial charge in [-0.05, 0) is 54.3 Å². The third-order valence-corrected chi connectivity index (χ3v) is 4.31. The zero-order valence-electron chi connectivity index (χ0n) is 15.5. The van der Waals surface area contributed by atoms with Crippen molar-refractivity contribution in [3.05, 3.63) is 82.9 Å². The van der Waals surface area contributed by atoms with Gasteiger partial charge in [0.05, 0.1) is 12.6 Å². The molecule has 6 heteroatoms. The van der Waals surface area contributed by atoms with Crippen molar-refractivity contribution in [2.24, 2.45) is 0 Å². The molecule has 0 aromatic heterocycles. The van der Waals surface area contributed by atoms with E-state index < -0.39 is 5.97 Å². The lowest BCUT2D eigenvalue weighted by Gasteiger charge is -2.14. The third kappa shape index (κ3) is 6.87. The molecule has 1 atom stereocenters. The molecule has 1 amide bonds. The summed E-state index contributed by atoms with van der Waals surface area (Å²) in [5.74, 6) is -0.766. The second-order valence-electron chi connectivity index (χ2n) is 5.99. The number of hydrogen-bond donors (Lipinski definition) is 1. The minimum atomic E-state index is -0.450. The Kier molecular flexibility index (Phi) is 8.30. The summed E-state index contributed by atoms with van der Waals surface area (Å²) in [4.78, 5) is 23.2. The van der Waals surface area contributed by atoms with Crippen LogP contribution in [-0.2, 0) is 20.7 Å². The second-order valence-corrected chi connectivity index (χ2v) is 6.86. The second kappa shape index (κ2) is 10.7. The van der Waals surface area contributed by atoms with Gasteiger partial charge in [0.2, 0.25) is 5.91 Å². The molecule has 0 unspecified atom stereocenters. The molecule has 0 aliphatic carbocycles. The average molecular weight is 418 g/mol. The Labute approximate surface area is 174 Å². The van der Waals surface area contributed by atoms with Crippen molar-refractivity contribution in [2.75, 3.05) is 6.61 Å². The summed E-state index contributed by atoms with van der Waals surface area (Å²) < 4.78 is 4.88. The van der Waals surface area contributed by atoms with Crippen molar-refractivity contribution < 1.29 is 14.3 Å². The molecule has 146 valence electrons. The molecule has 2 aromatic carbocycles. The van der Waals surface area contributed by atoms with E-state index in [0.29, 0.717) is 23.1 Å². The Balaban J connectivity index is 2.15. The number of carbonyl (C=O) groups is 2. The summed E-state index contributed by atoms with van der Waals surface area (Å²) in [7, 11) is 0. The van der Waals surface area contributed by atoms with Gasteiger partial charge in [0.25, 0.3) is 0 Å². The van der Waals surface area contributed by atoms with Gasteiger partial charge in [0.1, 0.15) is 0 Å². The van der Waals surface area contributed by atoms with Crippen LogP contribution in [0.2, 0.25) is 10.0 Å². The Bertz CT molecular complexity index is 856. The van der Waals surface area contributed by atoms with E-state index in [9.17, 15) is 9.59 Å². The highest BCUT2D eigenvalue weighted by Gasteiger charge is 2.10. The Morgan fingerprint density at radius 1 is 1.11 bits per heavy atom. The lowest BCUT2D eigenvalue weighted by Crippen LogP contribution is -2.33. The fraction of sp³-hybridized carbons (Fsp3) is 0.182. The van der Waals surface area contributed by atoms with E-state index >= 15 is 0 Å². The maximum absolute atomic E-state index is 11.7. The van der Waals surface area contributed by atoms with Crippen molar-refractivity contribution in [1.82, 2.24) is 5.32 Å². The molecule has 28 heavy (non-hydrogen) atoms. The van der Waals surface area contributed by atoms with Gasteiger partial charge < -0.3 is 10.1 Å². The number of carbonyl (C=O) groups excluding carboxylic acids is 2. The first-order valence-corrected chi connectivity index (χ1v) is 9.50. The molecule has 0 saturated heterocycles. The standard InChI is InChI=1S/C22H21Cl2NO3/c1-3-21(26)25-20(9-10-22(27)28-4-2)11-15-5-7-16(8-6-15)17-12-18(23)14-19(24)13-17/h3,5-10,12-14,20H,1,4,11H2,2H3,(H,25,26)/b10-9+/t20-/m0/s1. The van der Waals surface area contributed by atoms with Crippen molar-refractivity contribution >= 4 is 35.1 Å². The van der Waals surface area contributed by atoms with Crippen LogP contribution < -0.4 is 5.32 Å². The van der Waals surface area contributed by atoms with Crippen LogP contribution in [0, 0.1) is 0 Å². The van der Waals surface area contributed by atoms with Gasteiger partial charge in [-0.1, -0.05) is 60.1 Å². The van der Waals surface area contributed by atoms with E-state index in [2.05, 4.69) is 11.9 Å². The van der Waals surface area contributed by atoms with Crippen LogP contribution in [-0.4, -0.2) is 24.5 Å². The number of ether oxygens (including phenoxy) is 1. The lowest BCUT2D eigenvalue weighted by atomic mass is 10.0. The maximum Gasteiger partial charge on any atom is 0.330 e. The van der Waals surface area contributed by atoms with Crippen molar-refractivity contribution in [2.45, 2.75) is 19.4 Å². The molecule has 0 saturated carbocycles. The quantitative estimate of drug-likeness (QED) is 0.485. The Morgan fingerprint density at radius 3 is 2.32 bits per heavy atom.